The molecule has 3 aromatic rings. The Kier molecular flexibility index (Phi) is 3.13. The van der Waals surface area contributed by atoms with Gasteiger partial charge in [-0.2, -0.15) is 5.10 Å². The number of ether oxygens (including phenoxy) is 1. The molecule has 0 aliphatic heterocycles. The summed E-state index contributed by atoms with van der Waals surface area (Å²) in [5.41, 5.74) is 9.56. The Bertz CT molecular complexity index is 720. The third kappa shape index (κ3) is 2.23. The summed E-state index contributed by atoms with van der Waals surface area (Å²) in [6.45, 7) is 0. The van der Waals surface area contributed by atoms with Gasteiger partial charge in [0.1, 0.15) is 5.75 Å². The molecule has 0 bridgehead atoms. The minimum Gasteiger partial charge on any atom is -0.495 e. The van der Waals surface area contributed by atoms with E-state index in [0.717, 1.165) is 16.8 Å². The van der Waals surface area contributed by atoms with Crippen molar-refractivity contribution in [2.24, 2.45) is 0 Å². The van der Waals surface area contributed by atoms with Crippen LogP contribution in [0.2, 0.25) is 0 Å². The maximum atomic E-state index is 5.82. The zero-order valence-electron chi connectivity index (χ0n) is 11.2. The first-order chi connectivity index (χ1) is 9.78. The van der Waals surface area contributed by atoms with Crippen LogP contribution in [-0.2, 0) is 0 Å². The third-order valence-electron chi connectivity index (χ3n) is 3.17. The van der Waals surface area contributed by atoms with Gasteiger partial charge in [0.25, 0.3) is 0 Å². The fourth-order valence-electron chi connectivity index (χ4n) is 2.09. The number of benzene rings is 2. The van der Waals surface area contributed by atoms with Crippen LogP contribution in [0.25, 0.3) is 16.8 Å². The predicted octanol–water partition coefficient (Wildman–Crippen LogP) is 3.13. The number of aromatic nitrogens is 2. The first kappa shape index (κ1) is 12.3. The zero-order valence-corrected chi connectivity index (χ0v) is 11.2. The SMILES string of the molecule is COc1cc(-n2cc(-c3ccccc3)cn2)ccc1N. The number of nitrogens with two attached hydrogens (primary N) is 1. The van der Waals surface area contributed by atoms with Crippen LogP contribution in [0.3, 0.4) is 0 Å². The molecule has 1 aromatic heterocycles. The van der Waals surface area contributed by atoms with Gasteiger partial charge in [-0.1, -0.05) is 30.3 Å². The van der Waals surface area contributed by atoms with Gasteiger partial charge in [0.05, 0.1) is 24.7 Å². The molecule has 3 rings (SSSR count). The molecule has 2 aromatic carbocycles. The van der Waals surface area contributed by atoms with Crippen LogP contribution in [0, 0.1) is 0 Å². The van der Waals surface area contributed by atoms with Gasteiger partial charge in [-0.15, -0.1) is 0 Å². The van der Waals surface area contributed by atoms with E-state index in [1.807, 2.05) is 53.5 Å². The Hall–Kier alpha value is -2.75. The Balaban J connectivity index is 1.98. The number of methoxy groups -OCH3 is 1. The lowest BCUT2D eigenvalue weighted by molar-refractivity contribution is 0.416. The summed E-state index contributed by atoms with van der Waals surface area (Å²) in [7, 11) is 1.61. The van der Waals surface area contributed by atoms with Crippen molar-refractivity contribution in [3.05, 3.63) is 60.9 Å². The van der Waals surface area contributed by atoms with E-state index in [1.165, 1.54) is 0 Å². The number of rotatable bonds is 3. The molecule has 0 saturated heterocycles. The van der Waals surface area contributed by atoms with E-state index in [9.17, 15) is 0 Å². The quantitative estimate of drug-likeness (QED) is 0.740. The molecule has 4 heteroatoms. The fraction of sp³-hybridized carbons (Fsp3) is 0.0625. The number of nitrogen functional groups attached to an aromatic ring is 1. The Labute approximate surface area is 117 Å². The number of nitrogens with zero attached hydrogens (tertiary/aromatic N) is 2. The van der Waals surface area contributed by atoms with Crippen molar-refractivity contribution in [2.45, 2.75) is 0 Å². The van der Waals surface area contributed by atoms with E-state index in [1.54, 1.807) is 7.11 Å². The van der Waals surface area contributed by atoms with Gasteiger partial charge in [0.2, 0.25) is 0 Å². The molecular formula is C16H15N3O. The largest absolute Gasteiger partial charge is 0.495 e. The summed E-state index contributed by atoms with van der Waals surface area (Å²) >= 11 is 0. The molecule has 0 unspecified atom stereocenters. The monoisotopic (exact) mass is 265 g/mol. The van der Waals surface area contributed by atoms with Gasteiger partial charge in [0.15, 0.2) is 0 Å². The number of hydrogen-bond acceptors (Lipinski definition) is 3. The Morgan fingerprint density at radius 2 is 1.85 bits per heavy atom. The van der Waals surface area contributed by atoms with Crippen LogP contribution in [0.5, 0.6) is 5.75 Å². The van der Waals surface area contributed by atoms with Crippen LogP contribution in [-0.4, -0.2) is 16.9 Å². The van der Waals surface area contributed by atoms with E-state index >= 15 is 0 Å². The second-order valence-corrected chi connectivity index (χ2v) is 4.47. The minimum atomic E-state index is 0.617. The first-order valence-electron chi connectivity index (χ1n) is 6.32. The van der Waals surface area contributed by atoms with Crippen molar-refractivity contribution in [3.8, 4) is 22.6 Å². The summed E-state index contributed by atoms with van der Waals surface area (Å²) in [6, 6.07) is 15.8. The molecule has 20 heavy (non-hydrogen) atoms. The fourth-order valence-corrected chi connectivity index (χ4v) is 2.09. The molecule has 100 valence electrons. The second-order valence-electron chi connectivity index (χ2n) is 4.47. The topological polar surface area (TPSA) is 53.1 Å². The van der Waals surface area contributed by atoms with Crippen molar-refractivity contribution in [2.75, 3.05) is 12.8 Å². The summed E-state index contributed by atoms with van der Waals surface area (Å²) in [5, 5.41) is 4.39. The van der Waals surface area contributed by atoms with Crippen LogP contribution in [0.1, 0.15) is 0 Å². The second kappa shape index (κ2) is 5.09. The molecule has 2 N–H and O–H groups in total. The highest BCUT2D eigenvalue weighted by Gasteiger charge is 2.06. The van der Waals surface area contributed by atoms with Gasteiger partial charge >= 0.3 is 0 Å². The van der Waals surface area contributed by atoms with Crippen molar-refractivity contribution < 1.29 is 4.74 Å². The minimum absolute atomic E-state index is 0.617. The molecule has 4 nitrogen and oxygen atoms in total. The maximum Gasteiger partial charge on any atom is 0.143 e. The van der Waals surface area contributed by atoms with Gasteiger partial charge < -0.3 is 10.5 Å². The highest BCUT2D eigenvalue weighted by Crippen LogP contribution is 2.25. The summed E-state index contributed by atoms with van der Waals surface area (Å²) in [5.74, 6) is 0.652. The van der Waals surface area contributed by atoms with Gasteiger partial charge in [0, 0.05) is 17.8 Å². The lowest BCUT2D eigenvalue weighted by Crippen LogP contribution is -1.97. The normalized spacial score (nSPS) is 10.4. The molecule has 0 spiro atoms. The first-order valence-corrected chi connectivity index (χ1v) is 6.32. The van der Waals surface area contributed by atoms with Crippen LogP contribution in [0.4, 0.5) is 5.69 Å². The third-order valence-corrected chi connectivity index (χ3v) is 3.17. The van der Waals surface area contributed by atoms with E-state index in [0.29, 0.717) is 11.4 Å². The molecule has 0 saturated carbocycles. The Morgan fingerprint density at radius 3 is 2.60 bits per heavy atom. The molecule has 0 aliphatic carbocycles. The van der Waals surface area contributed by atoms with Crippen molar-refractivity contribution in [1.82, 2.24) is 9.78 Å². The average Bonchev–Trinajstić information content (AvgIpc) is 2.98. The van der Waals surface area contributed by atoms with Crippen molar-refractivity contribution in [1.29, 1.82) is 0 Å². The molecule has 0 atom stereocenters. The molecule has 1 heterocycles. The van der Waals surface area contributed by atoms with Gasteiger partial charge in [-0.25, -0.2) is 4.68 Å². The van der Waals surface area contributed by atoms with Crippen LogP contribution < -0.4 is 10.5 Å². The predicted molar refractivity (Wildman–Crippen MR) is 80.0 cm³/mol. The highest BCUT2D eigenvalue weighted by molar-refractivity contribution is 5.63. The van der Waals surface area contributed by atoms with E-state index < -0.39 is 0 Å². The summed E-state index contributed by atoms with van der Waals surface area (Å²) in [4.78, 5) is 0. The molecule has 0 radical (unpaired) electrons. The average molecular weight is 265 g/mol. The van der Waals surface area contributed by atoms with Crippen LogP contribution >= 0.6 is 0 Å². The lowest BCUT2D eigenvalue weighted by atomic mass is 10.1. The zero-order chi connectivity index (χ0) is 13.9. The van der Waals surface area contributed by atoms with Crippen molar-refractivity contribution >= 4 is 5.69 Å². The van der Waals surface area contributed by atoms with E-state index in [2.05, 4.69) is 17.2 Å². The Morgan fingerprint density at radius 1 is 1.05 bits per heavy atom. The highest BCUT2D eigenvalue weighted by atomic mass is 16.5. The lowest BCUT2D eigenvalue weighted by Gasteiger charge is -2.07. The standard InChI is InChI=1S/C16H15N3O/c1-20-16-9-14(7-8-15(16)17)19-11-13(10-18-19)12-5-3-2-4-6-12/h2-11H,17H2,1H3. The molecule has 0 fully saturated rings. The van der Waals surface area contributed by atoms with E-state index in [-0.39, 0.29) is 0 Å². The molecule has 0 amide bonds. The molecular weight excluding hydrogens is 250 g/mol. The summed E-state index contributed by atoms with van der Waals surface area (Å²) in [6.07, 6.45) is 3.83. The van der Waals surface area contributed by atoms with Gasteiger partial charge in [-0.3, -0.25) is 0 Å². The van der Waals surface area contributed by atoms with Crippen molar-refractivity contribution in [3.63, 3.8) is 0 Å². The molecule has 0 aliphatic rings. The smallest absolute Gasteiger partial charge is 0.143 e. The maximum absolute atomic E-state index is 5.82. The van der Waals surface area contributed by atoms with E-state index in [4.69, 9.17) is 10.5 Å². The van der Waals surface area contributed by atoms with Crippen LogP contribution in [0.15, 0.2) is 60.9 Å². The number of hydrogen-bond donors (Lipinski definition) is 1. The van der Waals surface area contributed by atoms with Gasteiger partial charge in [-0.05, 0) is 17.7 Å². The summed E-state index contributed by atoms with van der Waals surface area (Å²) < 4.78 is 7.04. The number of anilines is 1.